The van der Waals surface area contributed by atoms with Gasteiger partial charge in [0.25, 0.3) is 0 Å². The standard InChI is InChI=1S/C17H33NO/c1-16(2,3)10-6-5-9-15(18)19-17-11-7-4-8-14(12-17)13-17/h14-15H,4-13,18H2,1-3H3. The van der Waals surface area contributed by atoms with E-state index in [4.69, 9.17) is 10.5 Å². The number of unbranched alkanes of at least 4 members (excludes halogenated alkanes) is 1. The third kappa shape index (κ3) is 4.75. The Balaban J connectivity index is 1.63. The van der Waals surface area contributed by atoms with Crippen molar-refractivity contribution >= 4 is 0 Å². The summed E-state index contributed by atoms with van der Waals surface area (Å²) in [6, 6.07) is 0. The van der Waals surface area contributed by atoms with E-state index in [1.807, 2.05) is 0 Å². The molecular weight excluding hydrogens is 234 g/mol. The van der Waals surface area contributed by atoms with Gasteiger partial charge in [0, 0.05) is 0 Å². The fourth-order valence-electron chi connectivity index (χ4n) is 3.82. The van der Waals surface area contributed by atoms with E-state index in [1.54, 1.807) is 0 Å². The summed E-state index contributed by atoms with van der Waals surface area (Å²) >= 11 is 0. The minimum absolute atomic E-state index is 0.0287. The summed E-state index contributed by atoms with van der Waals surface area (Å²) in [6.07, 6.45) is 12.7. The molecule has 1 atom stereocenters. The third-order valence-corrected chi connectivity index (χ3v) is 4.88. The van der Waals surface area contributed by atoms with E-state index in [1.165, 1.54) is 57.8 Å². The van der Waals surface area contributed by atoms with Crippen LogP contribution in [0, 0.1) is 11.3 Å². The zero-order valence-electron chi connectivity index (χ0n) is 13.2. The van der Waals surface area contributed by atoms with Crippen molar-refractivity contribution < 1.29 is 4.74 Å². The number of ether oxygens (including phenoxy) is 1. The Morgan fingerprint density at radius 1 is 1.21 bits per heavy atom. The van der Waals surface area contributed by atoms with Gasteiger partial charge in [0.15, 0.2) is 0 Å². The van der Waals surface area contributed by atoms with Crippen molar-refractivity contribution in [3.63, 3.8) is 0 Å². The monoisotopic (exact) mass is 267 g/mol. The SMILES string of the molecule is CC(C)(C)CCCCC(N)OC12CCCCC(C1)C2. The van der Waals surface area contributed by atoms with E-state index in [-0.39, 0.29) is 11.8 Å². The number of fused-ring (bicyclic) bond motifs is 3. The van der Waals surface area contributed by atoms with E-state index in [9.17, 15) is 0 Å². The summed E-state index contributed by atoms with van der Waals surface area (Å²) in [4.78, 5) is 0. The molecule has 0 heterocycles. The third-order valence-electron chi connectivity index (χ3n) is 4.88. The number of hydrogen-bond acceptors (Lipinski definition) is 2. The molecule has 0 amide bonds. The van der Waals surface area contributed by atoms with Crippen molar-refractivity contribution in [2.45, 2.75) is 96.8 Å². The first-order chi connectivity index (χ1) is 8.89. The molecule has 2 nitrogen and oxygen atoms in total. The van der Waals surface area contributed by atoms with Crippen LogP contribution in [0.1, 0.15) is 85.0 Å². The molecule has 3 aliphatic rings. The van der Waals surface area contributed by atoms with Crippen molar-refractivity contribution in [2.75, 3.05) is 0 Å². The van der Waals surface area contributed by atoms with Crippen molar-refractivity contribution in [2.24, 2.45) is 17.1 Å². The molecule has 3 fully saturated rings. The lowest BCUT2D eigenvalue weighted by Crippen LogP contribution is -2.49. The van der Waals surface area contributed by atoms with Crippen LogP contribution in [0.25, 0.3) is 0 Å². The lowest BCUT2D eigenvalue weighted by atomic mass is 9.70. The minimum atomic E-state index is -0.0287. The summed E-state index contributed by atoms with van der Waals surface area (Å²) in [5, 5.41) is 0. The summed E-state index contributed by atoms with van der Waals surface area (Å²) in [5.74, 6) is 0.940. The molecule has 2 N–H and O–H groups in total. The molecule has 2 heteroatoms. The van der Waals surface area contributed by atoms with Gasteiger partial charge in [-0.3, -0.25) is 0 Å². The minimum Gasteiger partial charge on any atom is -0.357 e. The normalized spacial score (nSPS) is 32.5. The fourth-order valence-corrected chi connectivity index (χ4v) is 3.82. The molecule has 0 saturated heterocycles. The van der Waals surface area contributed by atoms with Crippen LogP contribution < -0.4 is 5.73 Å². The second kappa shape index (κ2) is 6.13. The van der Waals surface area contributed by atoms with Crippen molar-refractivity contribution in [3.05, 3.63) is 0 Å². The number of hydrogen-bond donors (Lipinski definition) is 1. The molecule has 0 aromatic heterocycles. The van der Waals surface area contributed by atoms with Gasteiger partial charge in [-0.15, -0.1) is 0 Å². The van der Waals surface area contributed by atoms with Crippen molar-refractivity contribution in [1.82, 2.24) is 0 Å². The first-order valence-corrected chi connectivity index (χ1v) is 8.32. The van der Waals surface area contributed by atoms with Gasteiger partial charge in [-0.2, -0.15) is 0 Å². The molecule has 0 radical (unpaired) electrons. The average molecular weight is 267 g/mol. The smallest absolute Gasteiger partial charge is 0.106 e. The maximum atomic E-state index is 6.23. The van der Waals surface area contributed by atoms with Gasteiger partial charge in [0.2, 0.25) is 0 Å². The molecular formula is C17H33NO. The molecule has 3 aliphatic carbocycles. The quantitative estimate of drug-likeness (QED) is 0.563. The number of rotatable bonds is 6. The van der Waals surface area contributed by atoms with Gasteiger partial charge in [-0.05, 0) is 49.9 Å². The van der Waals surface area contributed by atoms with Gasteiger partial charge in [0.05, 0.1) is 5.60 Å². The van der Waals surface area contributed by atoms with Crippen LogP contribution in [0.5, 0.6) is 0 Å². The Bertz CT molecular complexity index is 270. The van der Waals surface area contributed by atoms with Crippen molar-refractivity contribution in [3.8, 4) is 0 Å². The molecule has 19 heavy (non-hydrogen) atoms. The highest BCUT2D eigenvalue weighted by Gasteiger charge is 2.46. The maximum absolute atomic E-state index is 6.23. The molecule has 0 spiro atoms. The van der Waals surface area contributed by atoms with E-state index in [0.717, 1.165) is 12.3 Å². The molecule has 0 aromatic carbocycles. The van der Waals surface area contributed by atoms with Crippen LogP contribution in [0.2, 0.25) is 0 Å². The summed E-state index contributed by atoms with van der Waals surface area (Å²) in [6.45, 7) is 6.92. The second-order valence-corrected chi connectivity index (χ2v) is 8.17. The maximum Gasteiger partial charge on any atom is 0.106 e. The van der Waals surface area contributed by atoms with E-state index < -0.39 is 0 Å². The lowest BCUT2D eigenvalue weighted by Gasteiger charge is -2.47. The molecule has 0 aromatic rings. The highest BCUT2D eigenvalue weighted by molar-refractivity contribution is 4.98. The molecule has 1 unspecified atom stereocenters. The predicted octanol–water partition coefficient (Wildman–Crippen LogP) is 4.62. The van der Waals surface area contributed by atoms with Crippen LogP contribution in [0.15, 0.2) is 0 Å². The van der Waals surface area contributed by atoms with Crippen LogP contribution in [-0.2, 0) is 4.74 Å². The molecule has 112 valence electrons. The highest BCUT2D eigenvalue weighted by atomic mass is 16.5. The van der Waals surface area contributed by atoms with Crippen LogP contribution >= 0.6 is 0 Å². The first-order valence-electron chi connectivity index (χ1n) is 8.32. The topological polar surface area (TPSA) is 35.2 Å². The fraction of sp³-hybridized carbons (Fsp3) is 1.00. The van der Waals surface area contributed by atoms with Crippen LogP contribution in [0.4, 0.5) is 0 Å². The van der Waals surface area contributed by atoms with Crippen molar-refractivity contribution in [1.29, 1.82) is 0 Å². The lowest BCUT2D eigenvalue weighted by molar-refractivity contribution is -0.161. The largest absolute Gasteiger partial charge is 0.357 e. The Hall–Kier alpha value is -0.0800. The van der Waals surface area contributed by atoms with Crippen LogP contribution in [0.3, 0.4) is 0 Å². The predicted molar refractivity (Wildman–Crippen MR) is 80.9 cm³/mol. The number of nitrogens with two attached hydrogens (primary N) is 1. The summed E-state index contributed by atoms with van der Waals surface area (Å²) in [7, 11) is 0. The van der Waals surface area contributed by atoms with Gasteiger partial charge < -0.3 is 10.5 Å². The summed E-state index contributed by atoms with van der Waals surface area (Å²) in [5.41, 5.74) is 6.83. The zero-order chi connectivity index (χ0) is 13.9. The van der Waals surface area contributed by atoms with E-state index >= 15 is 0 Å². The van der Waals surface area contributed by atoms with E-state index in [0.29, 0.717) is 5.41 Å². The van der Waals surface area contributed by atoms with Crippen LogP contribution in [-0.4, -0.2) is 11.8 Å². The molecule has 0 aliphatic heterocycles. The van der Waals surface area contributed by atoms with Gasteiger partial charge in [-0.25, -0.2) is 0 Å². The average Bonchev–Trinajstić information content (AvgIpc) is 2.55. The second-order valence-electron chi connectivity index (χ2n) is 8.17. The van der Waals surface area contributed by atoms with Gasteiger partial charge >= 0.3 is 0 Å². The zero-order valence-corrected chi connectivity index (χ0v) is 13.2. The summed E-state index contributed by atoms with van der Waals surface area (Å²) < 4.78 is 6.23. The Labute approximate surface area is 119 Å². The Morgan fingerprint density at radius 2 is 1.95 bits per heavy atom. The van der Waals surface area contributed by atoms with E-state index in [2.05, 4.69) is 20.8 Å². The van der Waals surface area contributed by atoms with Gasteiger partial charge in [-0.1, -0.05) is 46.5 Å². The molecule has 3 saturated carbocycles. The highest BCUT2D eigenvalue weighted by Crippen LogP contribution is 2.50. The van der Waals surface area contributed by atoms with Gasteiger partial charge in [0.1, 0.15) is 6.23 Å². The Morgan fingerprint density at radius 3 is 2.63 bits per heavy atom. The Kier molecular flexibility index (Phi) is 4.94. The first kappa shape index (κ1) is 15.3. The molecule has 3 rings (SSSR count). The molecule has 2 bridgehead atoms.